The van der Waals surface area contributed by atoms with Crippen molar-refractivity contribution >= 4 is 0 Å². The predicted octanol–water partition coefficient (Wildman–Crippen LogP) is 3.64. The third-order valence-corrected chi connectivity index (χ3v) is 3.22. The number of nitrogens with one attached hydrogen (secondary N) is 1. The average Bonchev–Trinajstić information content (AvgIpc) is 2.25. The minimum absolute atomic E-state index is 0.140. The van der Waals surface area contributed by atoms with Gasteiger partial charge in [-0.1, -0.05) is 39.8 Å². The summed E-state index contributed by atoms with van der Waals surface area (Å²) in [6.45, 7) is 9.81. The molecule has 1 aromatic rings. The average molecular weight is 237 g/mol. The molecule has 0 aliphatic rings. The Morgan fingerprint density at radius 3 is 2.47 bits per heavy atom. The van der Waals surface area contributed by atoms with Crippen LogP contribution >= 0.6 is 0 Å². The molecule has 2 heteroatoms. The third-order valence-electron chi connectivity index (χ3n) is 3.22. The molecule has 96 valence electrons. The van der Waals surface area contributed by atoms with Gasteiger partial charge in [0.05, 0.1) is 0 Å². The van der Waals surface area contributed by atoms with E-state index in [0.29, 0.717) is 17.9 Å². The first kappa shape index (κ1) is 14.2. The van der Waals surface area contributed by atoms with E-state index in [-0.39, 0.29) is 5.82 Å². The standard InChI is InChI=1S/C15H24FN/c1-5-17-15(11(2)3)12(4)9-13-7-6-8-14(16)10-13/h6-8,10-12,15,17H,5,9H2,1-4H3. The molecule has 1 aromatic carbocycles. The normalized spacial score (nSPS) is 14.9. The second-order valence-electron chi connectivity index (χ2n) is 5.14. The molecule has 0 amide bonds. The van der Waals surface area contributed by atoms with Gasteiger partial charge in [-0.05, 0) is 42.5 Å². The van der Waals surface area contributed by atoms with Crippen molar-refractivity contribution < 1.29 is 4.39 Å². The molecule has 0 aromatic heterocycles. The minimum Gasteiger partial charge on any atom is -0.314 e. The SMILES string of the molecule is CCNC(C(C)C)C(C)Cc1cccc(F)c1. The molecule has 0 spiro atoms. The van der Waals surface area contributed by atoms with Gasteiger partial charge < -0.3 is 5.32 Å². The van der Waals surface area contributed by atoms with Gasteiger partial charge in [-0.3, -0.25) is 0 Å². The van der Waals surface area contributed by atoms with E-state index in [0.717, 1.165) is 18.5 Å². The van der Waals surface area contributed by atoms with Crippen molar-refractivity contribution in [1.29, 1.82) is 0 Å². The highest BCUT2D eigenvalue weighted by Gasteiger charge is 2.19. The lowest BCUT2D eigenvalue weighted by Gasteiger charge is -2.28. The summed E-state index contributed by atoms with van der Waals surface area (Å²) in [5.74, 6) is 0.967. The molecule has 1 nitrogen and oxygen atoms in total. The van der Waals surface area contributed by atoms with Gasteiger partial charge in [0.25, 0.3) is 0 Å². The topological polar surface area (TPSA) is 12.0 Å². The smallest absolute Gasteiger partial charge is 0.123 e. The van der Waals surface area contributed by atoms with Crippen molar-refractivity contribution in [1.82, 2.24) is 5.32 Å². The largest absolute Gasteiger partial charge is 0.314 e. The lowest BCUT2D eigenvalue weighted by atomic mass is 9.87. The highest BCUT2D eigenvalue weighted by molar-refractivity contribution is 5.17. The van der Waals surface area contributed by atoms with Crippen molar-refractivity contribution in [2.75, 3.05) is 6.54 Å². The van der Waals surface area contributed by atoms with E-state index < -0.39 is 0 Å². The van der Waals surface area contributed by atoms with Gasteiger partial charge in [-0.25, -0.2) is 4.39 Å². The molecule has 2 unspecified atom stereocenters. The van der Waals surface area contributed by atoms with Crippen LogP contribution in [0.1, 0.15) is 33.3 Å². The molecule has 0 bridgehead atoms. The van der Waals surface area contributed by atoms with Gasteiger partial charge in [-0.15, -0.1) is 0 Å². The van der Waals surface area contributed by atoms with Crippen LogP contribution in [0.2, 0.25) is 0 Å². The number of hydrogen-bond donors (Lipinski definition) is 1. The molecule has 17 heavy (non-hydrogen) atoms. The zero-order valence-corrected chi connectivity index (χ0v) is 11.3. The number of hydrogen-bond acceptors (Lipinski definition) is 1. The first-order chi connectivity index (χ1) is 8.04. The Bertz CT molecular complexity index is 335. The first-order valence-electron chi connectivity index (χ1n) is 6.52. The fourth-order valence-electron chi connectivity index (χ4n) is 2.49. The van der Waals surface area contributed by atoms with Crippen LogP contribution in [-0.2, 0) is 6.42 Å². The van der Waals surface area contributed by atoms with Gasteiger partial charge in [0, 0.05) is 6.04 Å². The molecule has 2 atom stereocenters. The van der Waals surface area contributed by atoms with E-state index >= 15 is 0 Å². The van der Waals surface area contributed by atoms with Crippen LogP contribution in [0.25, 0.3) is 0 Å². The third kappa shape index (κ3) is 4.47. The Kier molecular flexibility index (Phi) is 5.63. The van der Waals surface area contributed by atoms with Crippen molar-refractivity contribution in [2.24, 2.45) is 11.8 Å². The van der Waals surface area contributed by atoms with Gasteiger partial charge in [0.2, 0.25) is 0 Å². The number of halogens is 1. The maximum atomic E-state index is 13.1. The molecule has 1 N–H and O–H groups in total. The minimum atomic E-state index is -0.140. The number of benzene rings is 1. The van der Waals surface area contributed by atoms with E-state index in [1.54, 1.807) is 12.1 Å². The lowest BCUT2D eigenvalue weighted by Crippen LogP contribution is -2.40. The van der Waals surface area contributed by atoms with Gasteiger partial charge in [-0.2, -0.15) is 0 Å². The summed E-state index contributed by atoms with van der Waals surface area (Å²) >= 11 is 0. The molecular formula is C15H24FN. The van der Waals surface area contributed by atoms with Crippen LogP contribution in [0.5, 0.6) is 0 Å². The molecule has 0 aliphatic carbocycles. The van der Waals surface area contributed by atoms with Gasteiger partial charge >= 0.3 is 0 Å². The quantitative estimate of drug-likeness (QED) is 0.796. The zero-order valence-electron chi connectivity index (χ0n) is 11.3. The maximum absolute atomic E-state index is 13.1. The molecule has 0 saturated heterocycles. The van der Waals surface area contributed by atoms with E-state index in [9.17, 15) is 4.39 Å². The zero-order chi connectivity index (χ0) is 12.8. The summed E-state index contributed by atoms with van der Waals surface area (Å²) in [6.07, 6.45) is 0.924. The van der Waals surface area contributed by atoms with Crippen molar-refractivity contribution in [3.63, 3.8) is 0 Å². The van der Waals surface area contributed by atoms with E-state index in [2.05, 4.69) is 33.0 Å². The van der Waals surface area contributed by atoms with Crippen molar-refractivity contribution in [3.8, 4) is 0 Å². The van der Waals surface area contributed by atoms with Crippen LogP contribution in [0.15, 0.2) is 24.3 Å². The Morgan fingerprint density at radius 2 is 1.94 bits per heavy atom. The van der Waals surface area contributed by atoms with E-state index in [4.69, 9.17) is 0 Å². The Hall–Kier alpha value is -0.890. The summed E-state index contributed by atoms with van der Waals surface area (Å²) in [4.78, 5) is 0. The summed E-state index contributed by atoms with van der Waals surface area (Å²) in [7, 11) is 0. The van der Waals surface area contributed by atoms with Crippen molar-refractivity contribution in [2.45, 2.75) is 40.2 Å². The van der Waals surface area contributed by atoms with Crippen LogP contribution in [0.4, 0.5) is 4.39 Å². The van der Waals surface area contributed by atoms with E-state index in [1.165, 1.54) is 6.07 Å². The molecule has 0 fully saturated rings. The summed E-state index contributed by atoms with van der Waals surface area (Å²) < 4.78 is 13.1. The first-order valence-corrected chi connectivity index (χ1v) is 6.52. The Morgan fingerprint density at radius 1 is 1.24 bits per heavy atom. The summed E-state index contributed by atoms with van der Waals surface area (Å²) in [5.41, 5.74) is 1.08. The van der Waals surface area contributed by atoms with Gasteiger partial charge in [0.1, 0.15) is 5.82 Å². The molecule has 0 heterocycles. The molecule has 1 rings (SSSR count). The molecule has 0 aliphatic heterocycles. The predicted molar refractivity (Wildman–Crippen MR) is 71.6 cm³/mol. The molecule has 0 saturated carbocycles. The van der Waals surface area contributed by atoms with Crippen LogP contribution < -0.4 is 5.32 Å². The monoisotopic (exact) mass is 237 g/mol. The summed E-state index contributed by atoms with van der Waals surface area (Å²) in [6, 6.07) is 7.42. The molecule has 0 radical (unpaired) electrons. The fourth-order valence-corrected chi connectivity index (χ4v) is 2.49. The second-order valence-corrected chi connectivity index (χ2v) is 5.14. The Balaban J connectivity index is 2.66. The van der Waals surface area contributed by atoms with Crippen LogP contribution in [0.3, 0.4) is 0 Å². The maximum Gasteiger partial charge on any atom is 0.123 e. The lowest BCUT2D eigenvalue weighted by molar-refractivity contribution is 0.301. The number of rotatable bonds is 6. The summed E-state index contributed by atoms with van der Waals surface area (Å²) in [5, 5.41) is 3.52. The van der Waals surface area contributed by atoms with Gasteiger partial charge in [0.15, 0.2) is 0 Å². The second kappa shape index (κ2) is 6.75. The van der Waals surface area contributed by atoms with Crippen LogP contribution in [0, 0.1) is 17.7 Å². The Labute approximate surface area is 104 Å². The highest BCUT2D eigenvalue weighted by atomic mass is 19.1. The van der Waals surface area contributed by atoms with Crippen molar-refractivity contribution in [3.05, 3.63) is 35.6 Å². The van der Waals surface area contributed by atoms with E-state index in [1.807, 2.05) is 6.07 Å². The highest BCUT2D eigenvalue weighted by Crippen LogP contribution is 2.18. The fraction of sp³-hybridized carbons (Fsp3) is 0.600. The van der Waals surface area contributed by atoms with Crippen LogP contribution in [-0.4, -0.2) is 12.6 Å². The molecular weight excluding hydrogens is 213 g/mol.